The lowest BCUT2D eigenvalue weighted by Gasteiger charge is -2.20. The molecule has 0 aromatic heterocycles. The zero-order chi connectivity index (χ0) is 13.4. The van der Waals surface area contributed by atoms with Gasteiger partial charge in [0.1, 0.15) is 0 Å². The zero-order valence-corrected chi connectivity index (χ0v) is 12.3. The van der Waals surface area contributed by atoms with Crippen LogP contribution in [0.15, 0.2) is 0 Å². The van der Waals surface area contributed by atoms with Crippen LogP contribution in [0.25, 0.3) is 0 Å². The van der Waals surface area contributed by atoms with E-state index in [1.807, 2.05) is 0 Å². The second kappa shape index (κ2) is 8.52. The first kappa shape index (κ1) is 15.5. The van der Waals surface area contributed by atoms with Gasteiger partial charge in [0.15, 0.2) is 0 Å². The van der Waals surface area contributed by atoms with Gasteiger partial charge < -0.3 is 4.74 Å². The van der Waals surface area contributed by atoms with Gasteiger partial charge in [0.2, 0.25) is 0 Å². The second-order valence-electron chi connectivity index (χ2n) is 5.79. The van der Waals surface area contributed by atoms with Crippen molar-refractivity contribution in [1.29, 1.82) is 0 Å². The summed E-state index contributed by atoms with van der Waals surface area (Å²) >= 11 is 0. The molecular weight excluding hydrogens is 226 g/mol. The summed E-state index contributed by atoms with van der Waals surface area (Å²) in [6.07, 6.45) is 5.79. The van der Waals surface area contributed by atoms with Crippen molar-refractivity contribution in [2.24, 2.45) is 11.8 Å². The number of hydrogen-bond donors (Lipinski definition) is 0. The SMILES string of the molecule is CCCCOC(=O)CN1CCCC(C(C)C)CC1. The fourth-order valence-electron chi connectivity index (χ4n) is 2.56. The lowest BCUT2D eigenvalue weighted by atomic mass is 9.89. The van der Waals surface area contributed by atoms with Crippen LogP contribution in [-0.2, 0) is 9.53 Å². The van der Waals surface area contributed by atoms with Crippen molar-refractivity contribution in [2.45, 2.75) is 52.9 Å². The summed E-state index contributed by atoms with van der Waals surface area (Å²) in [5, 5.41) is 0. The van der Waals surface area contributed by atoms with Crippen molar-refractivity contribution < 1.29 is 9.53 Å². The smallest absolute Gasteiger partial charge is 0.320 e. The summed E-state index contributed by atoms with van der Waals surface area (Å²) < 4.78 is 5.22. The fourth-order valence-corrected chi connectivity index (χ4v) is 2.56. The lowest BCUT2D eigenvalue weighted by Crippen LogP contribution is -2.32. The van der Waals surface area contributed by atoms with Gasteiger partial charge in [-0.3, -0.25) is 9.69 Å². The molecule has 0 bridgehead atoms. The molecule has 1 heterocycles. The number of unbranched alkanes of at least 4 members (excludes halogenated alkanes) is 1. The summed E-state index contributed by atoms with van der Waals surface area (Å²) in [4.78, 5) is 13.9. The standard InChI is InChI=1S/C15H29NO2/c1-4-5-11-18-15(17)12-16-9-6-7-14(8-10-16)13(2)3/h13-14H,4-12H2,1-3H3. The summed E-state index contributed by atoms with van der Waals surface area (Å²) in [6, 6.07) is 0. The predicted molar refractivity (Wildman–Crippen MR) is 74.5 cm³/mol. The normalized spacial score (nSPS) is 21.9. The third-order valence-electron chi connectivity index (χ3n) is 3.92. The van der Waals surface area contributed by atoms with Crippen molar-refractivity contribution in [1.82, 2.24) is 4.90 Å². The average molecular weight is 255 g/mol. The maximum atomic E-state index is 11.6. The van der Waals surface area contributed by atoms with E-state index in [1.54, 1.807) is 0 Å². The Morgan fingerprint density at radius 1 is 1.33 bits per heavy atom. The second-order valence-corrected chi connectivity index (χ2v) is 5.79. The molecule has 0 amide bonds. The molecule has 1 saturated heterocycles. The monoisotopic (exact) mass is 255 g/mol. The van der Waals surface area contributed by atoms with Crippen molar-refractivity contribution in [3.05, 3.63) is 0 Å². The molecule has 1 rings (SSSR count). The van der Waals surface area contributed by atoms with Crippen molar-refractivity contribution in [2.75, 3.05) is 26.2 Å². The van der Waals surface area contributed by atoms with Crippen LogP contribution in [0.1, 0.15) is 52.9 Å². The molecule has 0 N–H and O–H groups in total. The van der Waals surface area contributed by atoms with Crippen LogP contribution in [0.4, 0.5) is 0 Å². The molecular formula is C15H29NO2. The van der Waals surface area contributed by atoms with Gasteiger partial charge in [0.05, 0.1) is 13.2 Å². The predicted octanol–water partition coefficient (Wildman–Crippen LogP) is 3.09. The first-order valence-corrected chi connectivity index (χ1v) is 7.51. The molecule has 0 spiro atoms. The molecule has 1 unspecified atom stereocenters. The Labute approximate surface area is 112 Å². The molecule has 0 aromatic carbocycles. The fraction of sp³-hybridized carbons (Fsp3) is 0.933. The number of esters is 1. The van der Waals surface area contributed by atoms with Crippen LogP contribution < -0.4 is 0 Å². The summed E-state index contributed by atoms with van der Waals surface area (Å²) in [5.41, 5.74) is 0. The summed E-state index contributed by atoms with van der Waals surface area (Å²) in [7, 11) is 0. The summed E-state index contributed by atoms with van der Waals surface area (Å²) in [6.45, 7) is 9.87. The van der Waals surface area contributed by atoms with E-state index in [4.69, 9.17) is 4.74 Å². The molecule has 18 heavy (non-hydrogen) atoms. The molecule has 1 fully saturated rings. The molecule has 3 nitrogen and oxygen atoms in total. The van der Waals surface area contributed by atoms with Crippen LogP contribution in [0.5, 0.6) is 0 Å². The van der Waals surface area contributed by atoms with E-state index in [1.165, 1.54) is 19.3 Å². The minimum absolute atomic E-state index is 0.0496. The number of carbonyl (C=O) groups is 1. The molecule has 0 saturated carbocycles. The lowest BCUT2D eigenvalue weighted by molar-refractivity contribution is -0.145. The Balaban J connectivity index is 2.24. The van der Waals surface area contributed by atoms with Gasteiger partial charge in [-0.15, -0.1) is 0 Å². The van der Waals surface area contributed by atoms with Gasteiger partial charge in [0, 0.05) is 0 Å². The molecule has 0 radical (unpaired) electrons. The van der Waals surface area contributed by atoms with E-state index in [-0.39, 0.29) is 5.97 Å². The molecule has 0 aromatic rings. The van der Waals surface area contributed by atoms with Gasteiger partial charge in [-0.1, -0.05) is 27.2 Å². The molecule has 1 aliphatic heterocycles. The average Bonchev–Trinajstić information content (AvgIpc) is 2.55. The van der Waals surface area contributed by atoms with Gasteiger partial charge >= 0.3 is 5.97 Å². The third kappa shape index (κ3) is 5.85. The Bertz CT molecular complexity index is 241. The maximum absolute atomic E-state index is 11.6. The van der Waals surface area contributed by atoms with Crippen molar-refractivity contribution in [3.8, 4) is 0 Å². The molecule has 1 atom stereocenters. The van der Waals surface area contributed by atoms with Crippen molar-refractivity contribution in [3.63, 3.8) is 0 Å². The highest BCUT2D eigenvalue weighted by molar-refractivity contribution is 5.71. The van der Waals surface area contributed by atoms with Crippen LogP contribution >= 0.6 is 0 Å². The minimum Gasteiger partial charge on any atom is -0.465 e. The van der Waals surface area contributed by atoms with Gasteiger partial charge in [-0.05, 0) is 50.6 Å². The number of rotatable bonds is 6. The number of hydrogen-bond acceptors (Lipinski definition) is 3. The quantitative estimate of drug-likeness (QED) is 0.539. The Morgan fingerprint density at radius 2 is 2.11 bits per heavy atom. The van der Waals surface area contributed by atoms with Gasteiger partial charge in [0.25, 0.3) is 0 Å². The maximum Gasteiger partial charge on any atom is 0.320 e. The Kier molecular flexibility index (Phi) is 7.33. The van der Waals surface area contributed by atoms with Crippen LogP contribution in [0.2, 0.25) is 0 Å². The van der Waals surface area contributed by atoms with Crippen LogP contribution in [-0.4, -0.2) is 37.1 Å². The highest BCUT2D eigenvalue weighted by Crippen LogP contribution is 2.24. The van der Waals surface area contributed by atoms with Crippen LogP contribution in [0.3, 0.4) is 0 Å². The summed E-state index contributed by atoms with van der Waals surface area (Å²) in [5.74, 6) is 1.54. The number of carbonyl (C=O) groups excluding carboxylic acids is 1. The highest BCUT2D eigenvalue weighted by atomic mass is 16.5. The first-order chi connectivity index (χ1) is 8.63. The highest BCUT2D eigenvalue weighted by Gasteiger charge is 2.20. The molecule has 1 aliphatic rings. The minimum atomic E-state index is -0.0496. The molecule has 0 aliphatic carbocycles. The Morgan fingerprint density at radius 3 is 2.78 bits per heavy atom. The number of nitrogens with zero attached hydrogens (tertiary/aromatic N) is 1. The van der Waals surface area contributed by atoms with Crippen LogP contribution in [0, 0.1) is 11.8 Å². The van der Waals surface area contributed by atoms with E-state index in [2.05, 4.69) is 25.7 Å². The first-order valence-electron chi connectivity index (χ1n) is 7.51. The van der Waals surface area contributed by atoms with E-state index in [9.17, 15) is 4.79 Å². The van der Waals surface area contributed by atoms with E-state index < -0.39 is 0 Å². The largest absolute Gasteiger partial charge is 0.465 e. The van der Waals surface area contributed by atoms with E-state index >= 15 is 0 Å². The van der Waals surface area contributed by atoms with Gasteiger partial charge in [-0.2, -0.15) is 0 Å². The topological polar surface area (TPSA) is 29.5 Å². The van der Waals surface area contributed by atoms with Crippen molar-refractivity contribution >= 4 is 5.97 Å². The third-order valence-corrected chi connectivity index (χ3v) is 3.92. The zero-order valence-electron chi connectivity index (χ0n) is 12.3. The van der Waals surface area contributed by atoms with E-state index in [0.717, 1.165) is 37.8 Å². The number of likely N-dealkylation sites (tertiary alicyclic amines) is 1. The molecule has 3 heteroatoms. The Hall–Kier alpha value is -0.570. The molecule has 106 valence electrons. The number of ether oxygens (including phenoxy) is 1. The van der Waals surface area contributed by atoms with Gasteiger partial charge in [-0.25, -0.2) is 0 Å². The van der Waals surface area contributed by atoms with E-state index in [0.29, 0.717) is 13.2 Å².